The number of hydrogen-bond acceptors (Lipinski definition) is 9. The van der Waals surface area contributed by atoms with Gasteiger partial charge in [-0.15, -0.1) is 6.54 Å². The van der Waals surface area contributed by atoms with E-state index in [4.69, 9.17) is 10.5 Å². The van der Waals surface area contributed by atoms with Crippen molar-refractivity contribution in [3.8, 4) is 0 Å². The molecule has 17 heteroatoms. The number of benzene rings is 2. The van der Waals surface area contributed by atoms with Gasteiger partial charge < -0.3 is 47.1 Å². The number of aromatic nitrogens is 3. The molecule has 0 unspecified atom stereocenters. The molecule has 61 heavy (non-hydrogen) atoms. The first-order chi connectivity index (χ1) is 29.2. The fourth-order valence-electron chi connectivity index (χ4n) is 5.87. The van der Waals surface area contributed by atoms with Crippen molar-refractivity contribution in [2.75, 3.05) is 6.54 Å². The van der Waals surface area contributed by atoms with Crippen molar-refractivity contribution in [3.63, 3.8) is 0 Å². The van der Waals surface area contributed by atoms with Crippen LogP contribution >= 0.6 is 0 Å². The Morgan fingerprint density at radius 1 is 0.705 bits per heavy atom. The number of H-pyrrole nitrogens is 1. The molecular formula is C44H58N9O8-. The van der Waals surface area contributed by atoms with Gasteiger partial charge in [0.15, 0.2) is 0 Å². The van der Waals surface area contributed by atoms with E-state index in [1.165, 1.54) is 19.4 Å². The summed E-state index contributed by atoms with van der Waals surface area (Å²) in [6.07, 6.45) is 4.85. The monoisotopic (exact) mass is 840 g/mol. The van der Waals surface area contributed by atoms with E-state index in [0.29, 0.717) is 12.2 Å². The summed E-state index contributed by atoms with van der Waals surface area (Å²) >= 11 is 0. The van der Waals surface area contributed by atoms with Gasteiger partial charge in [-0.2, -0.15) is 0 Å². The van der Waals surface area contributed by atoms with Crippen LogP contribution in [0, 0.1) is 11.8 Å². The van der Waals surface area contributed by atoms with Gasteiger partial charge in [-0.3, -0.25) is 29.0 Å². The second kappa shape index (κ2) is 25.8. The third-order valence-electron chi connectivity index (χ3n) is 9.14. The molecule has 0 saturated carbocycles. The number of rotatable bonds is 21. The third-order valence-corrected chi connectivity index (χ3v) is 9.14. The molecule has 17 nitrogen and oxygen atoms in total. The summed E-state index contributed by atoms with van der Waals surface area (Å²) in [6, 6.07) is 18.1. The van der Waals surface area contributed by atoms with E-state index >= 15 is 0 Å². The van der Waals surface area contributed by atoms with Gasteiger partial charge in [-0.25, -0.2) is 9.78 Å². The second-order valence-corrected chi connectivity index (χ2v) is 15.1. The number of carboxylic acids is 1. The van der Waals surface area contributed by atoms with Gasteiger partial charge in [0, 0.05) is 36.6 Å². The molecule has 4 rings (SSSR count). The van der Waals surface area contributed by atoms with Gasteiger partial charge in [-0.1, -0.05) is 94.4 Å². The maximum Gasteiger partial charge on any atom is 0.408 e. The number of hydrogen-bond donors (Lipinski definition) is 7. The minimum atomic E-state index is -1.23. The maximum atomic E-state index is 13.9. The minimum Gasteiger partial charge on any atom is -0.677 e. The Morgan fingerprint density at radius 3 is 1.84 bits per heavy atom. The van der Waals surface area contributed by atoms with Crippen molar-refractivity contribution in [1.29, 1.82) is 0 Å². The van der Waals surface area contributed by atoms with Crippen LogP contribution in [0.25, 0.3) is 5.73 Å². The van der Waals surface area contributed by atoms with Gasteiger partial charge in [0.1, 0.15) is 36.8 Å². The Kier molecular flexibility index (Phi) is 20.6. The summed E-state index contributed by atoms with van der Waals surface area (Å²) in [5.74, 6) is -4.43. The van der Waals surface area contributed by atoms with Crippen LogP contribution in [0.1, 0.15) is 63.6 Å². The van der Waals surface area contributed by atoms with Gasteiger partial charge in [-0.05, 0) is 54.9 Å². The van der Waals surface area contributed by atoms with E-state index in [0.717, 1.165) is 23.2 Å². The predicted molar refractivity (Wildman–Crippen MR) is 228 cm³/mol. The van der Waals surface area contributed by atoms with Crippen LogP contribution in [-0.2, 0) is 54.6 Å². The molecule has 4 aromatic rings. The molecule has 0 saturated heterocycles. The molecule has 0 aliphatic carbocycles. The van der Waals surface area contributed by atoms with Crippen molar-refractivity contribution in [2.45, 2.75) is 97.1 Å². The van der Waals surface area contributed by atoms with Crippen LogP contribution in [0.2, 0.25) is 0 Å². The van der Waals surface area contributed by atoms with Crippen molar-refractivity contribution in [2.24, 2.45) is 11.8 Å². The number of alkyl carbamates (subject to hydrolysis) is 1. The molecule has 5 atom stereocenters. The van der Waals surface area contributed by atoms with Gasteiger partial charge in [0.2, 0.25) is 23.6 Å². The molecule has 5 amide bonds. The van der Waals surface area contributed by atoms with Crippen LogP contribution in [-0.4, -0.2) is 92.5 Å². The molecule has 2 heterocycles. The Balaban J connectivity index is 0.000000972. The van der Waals surface area contributed by atoms with E-state index in [-0.39, 0.29) is 31.8 Å². The number of nitrogens with zero attached hydrogens (tertiary/aromatic N) is 2. The molecule has 0 aliphatic heterocycles. The summed E-state index contributed by atoms with van der Waals surface area (Å²) in [7, 11) is 0. The quantitative estimate of drug-likeness (QED) is 0.0637. The summed E-state index contributed by atoms with van der Waals surface area (Å²) in [6.45, 7) is 8.81. The molecular weight excluding hydrogens is 783 g/mol. The van der Waals surface area contributed by atoms with Crippen LogP contribution in [0.3, 0.4) is 0 Å². The standard InChI is InChI=1S/C37H49N7O8.C7H9N2/c1-22(2)16-28(34(47)44-31(23(3)4)35(48)40-24(5)36(49)50)41-33(46)30(18-27-19-38-21-39-27)42-32(45)29(17-25-12-8-6-9-13-25)43-37(51)52-20-26-14-10-7-11-15-26;8-5-4-7-3-1-2-6-9-7/h6-15,19,21-24,28-31H,16-18,20H2,1-5H3,(H,38,39)(H,40,48)(H,41,46)(H,42,45)(H,43,51)(H,44,47)(H,49,50);1-3,6,8H,4-5H2/q;-1/t24-,28-,29-,30-,31-;/m0./s1. The van der Waals surface area contributed by atoms with Crippen molar-refractivity contribution in [1.82, 2.24) is 41.5 Å². The minimum absolute atomic E-state index is 0.0194. The Labute approximate surface area is 356 Å². The number of pyridine rings is 1. The average Bonchev–Trinajstić information content (AvgIpc) is 3.75. The van der Waals surface area contributed by atoms with Gasteiger partial charge in [0.25, 0.3) is 0 Å². The number of aliphatic carboxylic acids is 1. The number of carbonyl (C=O) groups is 6. The van der Waals surface area contributed by atoms with E-state index in [1.54, 1.807) is 56.4 Å². The number of carbonyl (C=O) groups excluding carboxylic acids is 5. The zero-order valence-corrected chi connectivity index (χ0v) is 35.2. The van der Waals surface area contributed by atoms with E-state index < -0.39 is 71.8 Å². The number of carboxylic acid groups (broad SMARTS) is 1. The topological polar surface area (TPSA) is 257 Å². The summed E-state index contributed by atoms with van der Waals surface area (Å²) in [5.41, 5.74) is 9.93. The Hall–Kier alpha value is -6.62. The fraction of sp³-hybridized carbons (Fsp3) is 0.409. The van der Waals surface area contributed by atoms with E-state index in [2.05, 4.69) is 41.5 Å². The van der Waals surface area contributed by atoms with Gasteiger partial charge in [0.05, 0.1) is 6.33 Å². The van der Waals surface area contributed by atoms with Crippen molar-refractivity contribution >= 4 is 35.7 Å². The first kappa shape index (κ1) is 48.7. The maximum absolute atomic E-state index is 13.9. The molecule has 0 radical (unpaired) electrons. The molecule has 0 spiro atoms. The number of aromatic amines is 1. The van der Waals surface area contributed by atoms with E-state index in [9.17, 15) is 33.9 Å². The zero-order chi connectivity index (χ0) is 44.7. The zero-order valence-electron chi connectivity index (χ0n) is 35.2. The molecule has 0 fully saturated rings. The molecule has 328 valence electrons. The highest BCUT2D eigenvalue weighted by atomic mass is 16.5. The average molecular weight is 841 g/mol. The lowest BCUT2D eigenvalue weighted by Gasteiger charge is -2.28. The number of ether oxygens (including phenoxy) is 1. The van der Waals surface area contributed by atoms with Crippen LogP contribution in [0.5, 0.6) is 0 Å². The van der Waals surface area contributed by atoms with Crippen LogP contribution in [0.15, 0.2) is 97.6 Å². The van der Waals surface area contributed by atoms with Crippen molar-refractivity contribution < 1.29 is 38.6 Å². The lowest BCUT2D eigenvalue weighted by atomic mass is 9.99. The Bertz CT molecular complexity index is 1950. The normalized spacial score (nSPS) is 13.2. The van der Waals surface area contributed by atoms with E-state index in [1.807, 2.05) is 56.3 Å². The highest BCUT2D eigenvalue weighted by Gasteiger charge is 2.33. The lowest BCUT2D eigenvalue weighted by molar-refractivity contribution is -0.142. The molecule has 0 aliphatic rings. The number of amides is 5. The molecule has 0 bridgehead atoms. The van der Waals surface area contributed by atoms with Crippen molar-refractivity contribution in [3.05, 3.63) is 126 Å². The third kappa shape index (κ3) is 18.0. The SMILES string of the molecule is CC(C)C[C@H](NC(=O)[C@H](Cc1cnc[nH]1)NC(=O)[C@H](Cc1ccccc1)NC(=O)OCc1ccccc1)C(=O)N[C@H](C(=O)N[C@@H](C)C(=O)O)C(C)C.[NH-]CCc1ccccn1. The molecule has 2 aromatic carbocycles. The summed E-state index contributed by atoms with van der Waals surface area (Å²) in [4.78, 5) is 89.5. The van der Waals surface area contributed by atoms with Crippen LogP contribution < -0.4 is 26.6 Å². The smallest absolute Gasteiger partial charge is 0.408 e. The van der Waals surface area contributed by atoms with Crippen LogP contribution in [0.4, 0.5) is 4.79 Å². The highest BCUT2D eigenvalue weighted by Crippen LogP contribution is 2.11. The fourth-order valence-corrected chi connectivity index (χ4v) is 5.87. The first-order valence-corrected chi connectivity index (χ1v) is 20.1. The summed E-state index contributed by atoms with van der Waals surface area (Å²) in [5, 5.41) is 22.4. The second-order valence-electron chi connectivity index (χ2n) is 15.1. The van der Waals surface area contributed by atoms with Gasteiger partial charge >= 0.3 is 12.1 Å². The Morgan fingerprint density at radius 2 is 1.30 bits per heavy atom. The summed E-state index contributed by atoms with van der Waals surface area (Å²) < 4.78 is 5.37. The molecule has 8 N–H and O–H groups in total. The highest BCUT2D eigenvalue weighted by molar-refractivity contribution is 5.96. The number of imidazole rings is 1. The predicted octanol–water partition coefficient (Wildman–Crippen LogP) is 3.91. The molecule has 2 aromatic heterocycles. The largest absolute Gasteiger partial charge is 0.677 e. The first-order valence-electron chi connectivity index (χ1n) is 20.1. The number of nitrogens with one attached hydrogen (secondary N) is 7. The lowest BCUT2D eigenvalue weighted by Crippen LogP contribution is -2.60.